The van der Waals surface area contributed by atoms with Crippen LogP contribution in [0.2, 0.25) is 0 Å². The number of hydrogen-bond acceptors (Lipinski definition) is 0. The standard InChI is InChI=1S/C14H12.B.Y/c1-11-8-9-14(10-12(11)2)13-6-4-3-5-7-13;;/h3-6,8-9H,1-2H3;;/q-2;;. The van der Waals surface area contributed by atoms with Crippen LogP contribution in [-0.2, 0) is 32.7 Å². The molecular weight excluding hydrogens is 268 g/mol. The summed E-state index contributed by atoms with van der Waals surface area (Å²) in [6.07, 6.45) is 0. The van der Waals surface area contributed by atoms with E-state index in [0.717, 1.165) is 11.1 Å². The third-order valence-electron chi connectivity index (χ3n) is 2.41. The zero-order valence-electron chi connectivity index (χ0n) is 9.62. The van der Waals surface area contributed by atoms with Gasteiger partial charge in [-0.25, -0.2) is 11.1 Å². The SMILES string of the molecule is Cc1[c-]c(-c2[c-]cccc2)ccc1C.[B].[Y]. The summed E-state index contributed by atoms with van der Waals surface area (Å²) in [7, 11) is 0. The molecule has 0 N–H and O–H groups in total. The fourth-order valence-corrected chi connectivity index (χ4v) is 1.39. The van der Waals surface area contributed by atoms with E-state index in [0.29, 0.717) is 0 Å². The number of hydrogen-bond donors (Lipinski definition) is 0. The summed E-state index contributed by atoms with van der Waals surface area (Å²) in [6, 6.07) is 18.8. The first kappa shape index (κ1) is 15.6. The van der Waals surface area contributed by atoms with Gasteiger partial charge in [0.1, 0.15) is 0 Å². The smallest absolute Gasteiger partial charge is 0 e. The Morgan fingerprint density at radius 3 is 2.25 bits per heavy atom. The van der Waals surface area contributed by atoms with E-state index in [4.69, 9.17) is 0 Å². The van der Waals surface area contributed by atoms with E-state index in [2.05, 4.69) is 44.2 Å². The summed E-state index contributed by atoms with van der Waals surface area (Å²) in [4.78, 5) is 0. The van der Waals surface area contributed by atoms with Crippen molar-refractivity contribution in [3.8, 4) is 11.1 Å². The fourth-order valence-electron chi connectivity index (χ4n) is 1.39. The third kappa shape index (κ3) is 3.57. The largest absolute Gasteiger partial charge is 0.226 e. The molecule has 76 valence electrons. The maximum Gasteiger partial charge on any atom is 0 e. The molecule has 2 aromatic carbocycles. The van der Waals surface area contributed by atoms with Crippen LogP contribution in [0.15, 0.2) is 36.4 Å². The van der Waals surface area contributed by atoms with Gasteiger partial charge in [0.25, 0.3) is 0 Å². The van der Waals surface area contributed by atoms with Crippen LogP contribution >= 0.6 is 0 Å². The van der Waals surface area contributed by atoms with E-state index in [1.54, 1.807) is 0 Å². The molecule has 0 fully saturated rings. The second kappa shape index (κ2) is 7.04. The van der Waals surface area contributed by atoms with Crippen molar-refractivity contribution in [1.82, 2.24) is 0 Å². The summed E-state index contributed by atoms with van der Waals surface area (Å²) >= 11 is 0. The Kier molecular flexibility index (Phi) is 6.86. The molecule has 0 atom stereocenters. The average molecular weight is 280 g/mol. The van der Waals surface area contributed by atoms with Crippen molar-refractivity contribution in [3.05, 3.63) is 59.7 Å². The van der Waals surface area contributed by atoms with Gasteiger partial charge < -0.3 is 0 Å². The molecule has 0 saturated heterocycles. The molecule has 0 unspecified atom stereocenters. The van der Waals surface area contributed by atoms with E-state index in [1.807, 2.05) is 18.2 Å². The number of benzene rings is 2. The Balaban J connectivity index is 0.00000112. The molecule has 0 aliphatic carbocycles. The van der Waals surface area contributed by atoms with Crippen molar-refractivity contribution in [2.75, 3.05) is 0 Å². The van der Waals surface area contributed by atoms with Crippen molar-refractivity contribution < 1.29 is 32.7 Å². The zero-order valence-corrected chi connectivity index (χ0v) is 12.5. The van der Waals surface area contributed by atoms with Crippen molar-refractivity contribution in [1.29, 1.82) is 0 Å². The number of rotatable bonds is 1. The van der Waals surface area contributed by atoms with E-state index in [9.17, 15) is 0 Å². The fraction of sp³-hybridized carbons (Fsp3) is 0.143. The molecule has 0 aromatic heterocycles. The first-order valence-corrected chi connectivity index (χ1v) is 4.74. The second-order valence-corrected chi connectivity index (χ2v) is 3.46. The Hall–Kier alpha value is -0.391. The van der Waals surface area contributed by atoms with Crippen molar-refractivity contribution in [2.24, 2.45) is 0 Å². The first-order chi connectivity index (χ1) is 6.77. The molecule has 0 aliphatic heterocycles. The molecule has 0 aliphatic rings. The molecular formula is C14H12BY-2. The molecule has 4 radical (unpaired) electrons. The molecule has 0 spiro atoms. The summed E-state index contributed by atoms with van der Waals surface area (Å²) in [5, 5.41) is 0. The van der Waals surface area contributed by atoms with Crippen LogP contribution in [-0.4, -0.2) is 8.41 Å². The number of aryl methyl sites for hydroxylation is 2. The van der Waals surface area contributed by atoms with Gasteiger partial charge in [0.05, 0.1) is 0 Å². The Morgan fingerprint density at radius 1 is 0.938 bits per heavy atom. The normalized spacial score (nSPS) is 8.88. The van der Waals surface area contributed by atoms with E-state index in [1.165, 1.54) is 11.1 Å². The molecule has 0 bridgehead atoms. The van der Waals surface area contributed by atoms with Gasteiger partial charge in [0.2, 0.25) is 0 Å². The van der Waals surface area contributed by atoms with Crippen LogP contribution < -0.4 is 0 Å². The van der Waals surface area contributed by atoms with Gasteiger partial charge in [-0.1, -0.05) is 13.8 Å². The van der Waals surface area contributed by atoms with E-state index >= 15 is 0 Å². The maximum absolute atomic E-state index is 3.36. The maximum atomic E-state index is 3.36. The Bertz CT molecular complexity index is 438. The van der Waals surface area contributed by atoms with Gasteiger partial charge >= 0.3 is 0 Å². The minimum Gasteiger partial charge on any atom is -0.226 e. The van der Waals surface area contributed by atoms with E-state index < -0.39 is 0 Å². The molecule has 2 aromatic rings. The van der Waals surface area contributed by atoms with Crippen molar-refractivity contribution in [3.63, 3.8) is 0 Å². The van der Waals surface area contributed by atoms with Gasteiger partial charge in [-0.2, -0.15) is 42.5 Å². The molecule has 16 heavy (non-hydrogen) atoms. The molecule has 0 heterocycles. The minimum absolute atomic E-state index is 0. The summed E-state index contributed by atoms with van der Waals surface area (Å²) in [5.74, 6) is 0. The van der Waals surface area contributed by atoms with E-state index in [-0.39, 0.29) is 41.1 Å². The minimum atomic E-state index is 0. The zero-order chi connectivity index (χ0) is 9.97. The Labute approximate surface area is 125 Å². The molecule has 0 nitrogen and oxygen atoms in total. The Morgan fingerprint density at radius 2 is 1.69 bits per heavy atom. The molecule has 2 heteroatoms. The van der Waals surface area contributed by atoms with Crippen LogP contribution in [0.5, 0.6) is 0 Å². The average Bonchev–Trinajstić information content (AvgIpc) is 2.23. The van der Waals surface area contributed by atoms with Crippen LogP contribution in [0.25, 0.3) is 11.1 Å². The topological polar surface area (TPSA) is 0 Å². The van der Waals surface area contributed by atoms with Gasteiger partial charge in [-0.3, -0.25) is 0 Å². The van der Waals surface area contributed by atoms with Gasteiger partial charge in [-0.15, -0.1) is 17.2 Å². The predicted octanol–water partition coefficient (Wildman–Crippen LogP) is 3.19. The third-order valence-corrected chi connectivity index (χ3v) is 2.41. The predicted molar refractivity (Wildman–Crippen MR) is 64.8 cm³/mol. The summed E-state index contributed by atoms with van der Waals surface area (Å²) in [5.41, 5.74) is 4.72. The van der Waals surface area contributed by atoms with Gasteiger partial charge in [0.15, 0.2) is 0 Å². The molecule has 2 rings (SSSR count). The van der Waals surface area contributed by atoms with Crippen LogP contribution in [0.3, 0.4) is 0 Å². The molecule has 0 saturated carbocycles. The van der Waals surface area contributed by atoms with Gasteiger partial charge in [0, 0.05) is 41.1 Å². The molecule has 0 amide bonds. The van der Waals surface area contributed by atoms with Crippen LogP contribution in [0, 0.1) is 26.0 Å². The monoisotopic (exact) mass is 280 g/mol. The first-order valence-electron chi connectivity index (χ1n) is 4.74. The van der Waals surface area contributed by atoms with Crippen LogP contribution in [0.4, 0.5) is 0 Å². The quantitative estimate of drug-likeness (QED) is 0.556. The van der Waals surface area contributed by atoms with Crippen LogP contribution in [0.1, 0.15) is 11.1 Å². The van der Waals surface area contributed by atoms with Crippen molar-refractivity contribution in [2.45, 2.75) is 13.8 Å². The van der Waals surface area contributed by atoms with Crippen molar-refractivity contribution >= 4 is 8.41 Å². The van der Waals surface area contributed by atoms with Gasteiger partial charge in [-0.05, 0) is 0 Å². The second-order valence-electron chi connectivity index (χ2n) is 3.46. The summed E-state index contributed by atoms with van der Waals surface area (Å²) in [6.45, 7) is 4.19. The summed E-state index contributed by atoms with van der Waals surface area (Å²) < 4.78 is 0.